The first-order valence-corrected chi connectivity index (χ1v) is 29.8. The molecule has 5 spiro atoms. The Balaban J connectivity index is 0.732. The van der Waals surface area contributed by atoms with Gasteiger partial charge in [0, 0.05) is 120 Å². The van der Waals surface area contributed by atoms with E-state index in [0.717, 1.165) is 162 Å². The molecule has 0 aromatic heterocycles. The molecule has 0 aromatic carbocycles. The Morgan fingerprint density at radius 2 is 0.787 bits per heavy atom. The van der Waals surface area contributed by atoms with Gasteiger partial charge in [-0.2, -0.15) is 0 Å². The highest BCUT2D eigenvalue weighted by Gasteiger charge is 2.75. The van der Waals surface area contributed by atoms with Crippen LogP contribution in [0.4, 0.5) is 0 Å². The average Bonchev–Trinajstić information content (AvgIpc) is 4.28. The van der Waals surface area contributed by atoms with Gasteiger partial charge < -0.3 is 23.7 Å². The van der Waals surface area contributed by atoms with Gasteiger partial charge in [-0.15, -0.1) is 0 Å². The number of fused-ring (bicyclic) bond motifs is 15. The van der Waals surface area contributed by atoms with Crippen molar-refractivity contribution in [2.45, 2.75) is 210 Å². The van der Waals surface area contributed by atoms with Gasteiger partial charge in [0.2, 0.25) is 0 Å². The fraction of sp³-hybridized carbons (Fsp3) is 0.717. The number of hydrogen-bond acceptors (Lipinski definition) is 15. The molecule has 0 unspecified atom stereocenters. The minimum absolute atomic E-state index is 0.0245. The second-order valence-corrected chi connectivity index (χ2v) is 27.6. The zero-order valence-electron chi connectivity index (χ0n) is 42.6. The van der Waals surface area contributed by atoms with Crippen LogP contribution in [0.25, 0.3) is 0 Å². The smallest absolute Gasteiger partial charge is 0.335 e. The summed E-state index contributed by atoms with van der Waals surface area (Å²) in [7, 11) is 0. The molecule has 15 heteroatoms. The van der Waals surface area contributed by atoms with Crippen LogP contribution in [0.5, 0.6) is 0 Å². The lowest BCUT2D eigenvalue weighted by Crippen LogP contribution is -2.46. The third kappa shape index (κ3) is 4.58. The molecule has 0 amide bonds. The number of rotatable bonds is 4. The zero-order chi connectivity index (χ0) is 49.2. The van der Waals surface area contributed by atoms with E-state index in [4.69, 9.17) is 23.7 Å². The second-order valence-electron chi connectivity index (χ2n) is 27.6. The van der Waals surface area contributed by atoms with Gasteiger partial charge >= 0.3 is 29.8 Å². The van der Waals surface area contributed by atoms with E-state index in [1.165, 1.54) is 11.1 Å². The number of carbonyl (C=O) groups is 5. The standard InChI is InChI=1S/C60H65N5O10/c66-48-17-28-16-32(40-24-56(28,71-48)43-6-2-13-63(40)43)50-37-20-34(42-26-59(37,73-53(50)68)46-9-4-15-65(42)46)52-38-21-33(41-27-60(38,75-55(52)70)47-10-5-14-64(41)47)51-36-19-31(39-25-58(36,74-54(51)69)45-8-3-12-62(39)45)30-18-29-23-57(35(30)22-49(67)72-57)44-7-1-11-61(29)44/h17-18,22,29,31-34,39-47H,1-16,19-21,23-27H2/t29-,31-,32+,33+,34+,39+,40+,41+,42+,43-,44-,45-,46-,47-,56+,57+,58+,59+,60+/m1/s1. The highest BCUT2D eigenvalue weighted by molar-refractivity contribution is 5.98. The normalized spacial score (nSPS) is 52.8. The summed E-state index contributed by atoms with van der Waals surface area (Å²) in [6.45, 7) is 4.79. The molecule has 5 aliphatic carbocycles. The molecule has 4 saturated carbocycles. The largest absolute Gasteiger partial charge is 0.450 e. The van der Waals surface area contributed by atoms with E-state index in [9.17, 15) is 14.4 Å². The Kier molecular flexibility index (Phi) is 7.58. The van der Waals surface area contributed by atoms with E-state index in [1.54, 1.807) is 6.08 Å². The number of ether oxygens (including phenoxy) is 5. The lowest BCUT2D eigenvalue weighted by atomic mass is 9.62. The van der Waals surface area contributed by atoms with E-state index in [1.807, 2.05) is 6.08 Å². The van der Waals surface area contributed by atoms with Crippen LogP contribution in [0, 0.1) is 23.7 Å². The molecule has 15 aliphatic heterocycles. The molecule has 10 saturated heterocycles. The average molecular weight is 1020 g/mol. The fourth-order valence-corrected chi connectivity index (χ4v) is 23.8. The Labute approximate surface area is 435 Å². The molecule has 75 heavy (non-hydrogen) atoms. The van der Waals surface area contributed by atoms with E-state index in [-0.39, 0.29) is 114 Å². The molecular formula is C60H65N5O10. The number of carbonyl (C=O) groups excluding carboxylic acids is 5. The van der Waals surface area contributed by atoms with Crippen LogP contribution < -0.4 is 0 Å². The SMILES string of the molecule is O=C1C=C2C([C@H]3CC4=C([C@H]5CC6=C([C@H]7CC8=C([C@H]9CC%10=CC(=O)O[C@@]%10%11C[C@@H]9N9CCC[C@@H]9%11)C(=O)O[C@@]89C[C@@H]7N7CCC[C@@H]79)C(=O)O[C@@]67C[C@@H]5N5CCC[C@@H]57)C(=O)O[C@@]45C[C@@H]3N3CCC[C@@H]35)=C[C@@H]3C[C@@]2(O1)[C@H]1CCCN31. The van der Waals surface area contributed by atoms with Crippen molar-refractivity contribution in [3.05, 3.63) is 68.4 Å². The number of esters is 5. The highest BCUT2D eigenvalue weighted by Crippen LogP contribution is 2.69. The molecule has 14 fully saturated rings. The van der Waals surface area contributed by atoms with Gasteiger partial charge in [-0.3, -0.25) is 24.5 Å². The van der Waals surface area contributed by atoms with Gasteiger partial charge in [0.05, 0.1) is 30.2 Å². The van der Waals surface area contributed by atoms with Crippen molar-refractivity contribution in [2.75, 3.05) is 32.7 Å². The topological polar surface area (TPSA) is 148 Å². The van der Waals surface area contributed by atoms with E-state index in [2.05, 4.69) is 30.6 Å². The Morgan fingerprint density at radius 1 is 0.400 bits per heavy atom. The van der Waals surface area contributed by atoms with Crippen LogP contribution in [0.1, 0.15) is 122 Å². The Morgan fingerprint density at radius 3 is 1.29 bits per heavy atom. The van der Waals surface area contributed by atoms with Gasteiger partial charge in [0.15, 0.2) is 28.0 Å². The van der Waals surface area contributed by atoms with Gasteiger partial charge in [0.25, 0.3) is 0 Å². The minimum Gasteiger partial charge on any atom is -0.450 e. The first kappa shape index (κ1) is 42.6. The van der Waals surface area contributed by atoms with Crippen LogP contribution in [-0.2, 0) is 47.7 Å². The number of hydrogen-bond donors (Lipinski definition) is 0. The predicted molar refractivity (Wildman–Crippen MR) is 263 cm³/mol. The summed E-state index contributed by atoms with van der Waals surface area (Å²) in [5, 5.41) is 0. The third-order valence-electron chi connectivity index (χ3n) is 25.7. The highest BCUT2D eigenvalue weighted by atomic mass is 16.6. The molecule has 15 nitrogen and oxygen atoms in total. The Hall–Kier alpha value is -4.41. The summed E-state index contributed by atoms with van der Waals surface area (Å²) >= 11 is 0. The molecule has 0 aromatic rings. The van der Waals surface area contributed by atoms with Gasteiger partial charge in [-0.05, 0) is 150 Å². The van der Waals surface area contributed by atoms with Crippen LogP contribution in [0.15, 0.2) is 68.4 Å². The van der Waals surface area contributed by atoms with Crippen molar-refractivity contribution in [2.24, 2.45) is 23.7 Å². The van der Waals surface area contributed by atoms with Crippen molar-refractivity contribution < 1.29 is 47.7 Å². The molecule has 390 valence electrons. The maximum Gasteiger partial charge on any atom is 0.335 e. The molecule has 0 N–H and O–H groups in total. The molecule has 19 atom stereocenters. The summed E-state index contributed by atoms with van der Waals surface area (Å²) in [4.78, 5) is 85.6. The fourth-order valence-electron chi connectivity index (χ4n) is 23.8. The quantitative estimate of drug-likeness (QED) is 0.289. The Bertz CT molecular complexity index is 3120. The van der Waals surface area contributed by atoms with Crippen molar-refractivity contribution in [1.29, 1.82) is 0 Å². The van der Waals surface area contributed by atoms with Crippen LogP contribution in [0.3, 0.4) is 0 Å². The molecule has 20 rings (SSSR count). The zero-order valence-corrected chi connectivity index (χ0v) is 42.6. The van der Waals surface area contributed by atoms with Crippen LogP contribution >= 0.6 is 0 Å². The third-order valence-corrected chi connectivity index (χ3v) is 25.7. The molecular weight excluding hydrogens is 951 g/mol. The summed E-state index contributed by atoms with van der Waals surface area (Å²) in [5.74, 6) is -1.33. The summed E-state index contributed by atoms with van der Waals surface area (Å²) < 4.78 is 33.8. The molecule has 15 heterocycles. The predicted octanol–water partition coefficient (Wildman–Crippen LogP) is 4.41. The number of nitrogens with zero attached hydrogens (tertiary/aromatic N) is 5. The van der Waals surface area contributed by atoms with Crippen molar-refractivity contribution in [1.82, 2.24) is 24.5 Å². The maximum absolute atomic E-state index is 15.5. The lowest BCUT2D eigenvalue weighted by Gasteiger charge is -2.42. The lowest BCUT2D eigenvalue weighted by molar-refractivity contribution is -0.151. The van der Waals surface area contributed by atoms with E-state index >= 15 is 9.59 Å². The summed E-state index contributed by atoms with van der Waals surface area (Å²) in [5.41, 5.74) is 6.13. The summed E-state index contributed by atoms with van der Waals surface area (Å²) in [6, 6.07) is 1.21. The van der Waals surface area contributed by atoms with Crippen LogP contribution in [-0.4, -0.2) is 175 Å². The van der Waals surface area contributed by atoms with Crippen molar-refractivity contribution >= 4 is 29.8 Å². The molecule has 0 radical (unpaired) electrons. The first-order chi connectivity index (χ1) is 36.5. The van der Waals surface area contributed by atoms with Gasteiger partial charge in [-0.25, -0.2) is 24.0 Å². The van der Waals surface area contributed by atoms with E-state index in [0.29, 0.717) is 32.1 Å². The van der Waals surface area contributed by atoms with Gasteiger partial charge in [-0.1, -0.05) is 6.08 Å². The van der Waals surface area contributed by atoms with E-state index < -0.39 is 28.0 Å². The maximum atomic E-state index is 15.5. The van der Waals surface area contributed by atoms with Crippen molar-refractivity contribution in [3.63, 3.8) is 0 Å². The van der Waals surface area contributed by atoms with Crippen LogP contribution in [0.2, 0.25) is 0 Å². The summed E-state index contributed by atoms with van der Waals surface area (Å²) in [6.07, 6.45) is 22.5. The second kappa shape index (κ2) is 13.4. The molecule has 20 aliphatic rings. The monoisotopic (exact) mass is 1020 g/mol. The molecule has 10 bridgehead atoms. The first-order valence-electron chi connectivity index (χ1n) is 29.8. The van der Waals surface area contributed by atoms with Crippen molar-refractivity contribution in [3.8, 4) is 0 Å². The van der Waals surface area contributed by atoms with Gasteiger partial charge in [0.1, 0.15) is 0 Å². The minimum atomic E-state index is -0.736.